The van der Waals surface area contributed by atoms with Gasteiger partial charge in [-0.25, -0.2) is 13.8 Å². The van der Waals surface area contributed by atoms with Gasteiger partial charge in [0.1, 0.15) is 12.0 Å². The molecule has 0 spiro atoms. The van der Waals surface area contributed by atoms with Gasteiger partial charge in [0, 0.05) is 19.6 Å². The number of piperidine rings is 1. The third-order valence-corrected chi connectivity index (χ3v) is 5.32. The zero-order valence-corrected chi connectivity index (χ0v) is 14.9. The smallest absolute Gasteiger partial charge is 0.208 e. The van der Waals surface area contributed by atoms with Crippen LogP contribution in [0.3, 0.4) is 0 Å². The maximum absolute atomic E-state index is 13.9. The molecule has 6 nitrogen and oxygen atoms in total. The SMILES string of the molecule is CCC1NCCOC1n1c(N2CC[C@@H](F)[C@H](N)C2)nc2ccc(F)cc21. The van der Waals surface area contributed by atoms with Gasteiger partial charge in [-0.1, -0.05) is 6.92 Å². The van der Waals surface area contributed by atoms with Crippen LogP contribution in [0.5, 0.6) is 0 Å². The predicted octanol–water partition coefficient (Wildman–Crippen LogP) is 1.95. The molecule has 3 heterocycles. The average Bonchev–Trinajstić information content (AvgIpc) is 3.02. The highest BCUT2D eigenvalue weighted by Crippen LogP contribution is 2.33. The van der Waals surface area contributed by atoms with Crippen molar-refractivity contribution < 1.29 is 13.5 Å². The molecule has 0 radical (unpaired) electrons. The molecule has 1 aromatic carbocycles. The highest BCUT2D eigenvalue weighted by molar-refractivity contribution is 5.79. The third kappa shape index (κ3) is 3.06. The minimum absolute atomic E-state index is 0.0931. The number of hydrogen-bond donors (Lipinski definition) is 2. The molecule has 2 aliphatic heterocycles. The van der Waals surface area contributed by atoms with E-state index in [-0.39, 0.29) is 18.1 Å². The number of benzene rings is 1. The summed E-state index contributed by atoms with van der Waals surface area (Å²) >= 11 is 0. The van der Waals surface area contributed by atoms with E-state index in [1.807, 2.05) is 9.47 Å². The lowest BCUT2D eigenvalue weighted by Crippen LogP contribution is -2.51. The Balaban J connectivity index is 1.81. The summed E-state index contributed by atoms with van der Waals surface area (Å²) in [4.78, 5) is 6.71. The van der Waals surface area contributed by atoms with Gasteiger partial charge < -0.3 is 20.7 Å². The number of hydrogen-bond acceptors (Lipinski definition) is 5. The molecule has 0 aliphatic carbocycles. The molecule has 2 unspecified atom stereocenters. The molecule has 4 rings (SSSR count). The maximum atomic E-state index is 13.9. The number of imidazole rings is 1. The van der Waals surface area contributed by atoms with E-state index in [1.165, 1.54) is 12.1 Å². The summed E-state index contributed by atoms with van der Waals surface area (Å²) in [5.74, 6) is 0.348. The van der Waals surface area contributed by atoms with Gasteiger partial charge >= 0.3 is 0 Å². The molecule has 142 valence electrons. The number of fused-ring (bicyclic) bond motifs is 1. The lowest BCUT2D eigenvalue weighted by atomic mass is 10.1. The molecular weight excluding hydrogens is 340 g/mol. The topological polar surface area (TPSA) is 68.3 Å². The first-order chi connectivity index (χ1) is 12.6. The fraction of sp³-hybridized carbons (Fsp3) is 0.611. The molecular formula is C18H25F2N5O. The molecule has 2 saturated heterocycles. The van der Waals surface area contributed by atoms with Crippen LogP contribution in [-0.4, -0.2) is 54.0 Å². The minimum atomic E-state index is -1.00. The largest absolute Gasteiger partial charge is 0.355 e. The van der Waals surface area contributed by atoms with Gasteiger partial charge in [-0.3, -0.25) is 4.57 Å². The summed E-state index contributed by atoms with van der Waals surface area (Å²) in [5, 5.41) is 3.46. The Morgan fingerprint density at radius 1 is 1.42 bits per heavy atom. The molecule has 3 N–H and O–H groups in total. The van der Waals surface area contributed by atoms with E-state index >= 15 is 0 Å². The predicted molar refractivity (Wildman–Crippen MR) is 96.5 cm³/mol. The quantitative estimate of drug-likeness (QED) is 0.870. The second-order valence-corrected chi connectivity index (χ2v) is 7.06. The van der Waals surface area contributed by atoms with Gasteiger partial charge in [0.2, 0.25) is 5.95 Å². The molecule has 8 heteroatoms. The van der Waals surface area contributed by atoms with Gasteiger partial charge in [-0.05, 0) is 31.0 Å². The molecule has 2 aromatic rings. The van der Waals surface area contributed by atoms with Crippen molar-refractivity contribution in [3.8, 4) is 0 Å². The number of nitrogens with one attached hydrogen (secondary N) is 1. The van der Waals surface area contributed by atoms with Gasteiger partial charge in [0.25, 0.3) is 0 Å². The average molecular weight is 365 g/mol. The van der Waals surface area contributed by atoms with Crippen LogP contribution in [-0.2, 0) is 4.74 Å². The van der Waals surface area contributed by atoms with E-state index in [1.54, 1.807) is 6.07 Å². The molecule has 2 fully saturated rings. The highest BCUT2D eigenvalue weighted by Gasteiger charge is 2.34. The summed E-state index contributed by atoms with van der Waals surface area (Å²) in [6.07, 6.45) is -0.0717. The van der Waals surface area contributed by atoms with E-state index in [4.69, 9.17) is 15.5 Å². The summed E-state index contributed by atoms with van der Waals surface area (Å²) in [6, 6.07) is 4.10. The monoisotopic (exact) mass is 365 g/mol. The Labute approximate surface area is 151 Å². The zero-order valence-electron chi connectivity index (χ0n) is 14.9. The first-order valence-corrected chi connectivity index (χ1v) is 9.25. The molecule has 26 heavy (non-hydrogen) atoms. The van der Waals surface area contributed by atoms with Gasteiger partial charge in [0.05, 0.1) is 29.7 Å². The normalized spacial score (nSPS) is 30.1. The number of alkyl halides is 1. The van der Waals surface area contributed by atoms with Crippen molar-refractivity contribution in [1.82, 2.24) is 14.9 Å². The number of anilines is 1. The van der Waals surface area contributed by atoms with Crippen molar-refractivity contribution >= 4 is 17.0 Å². The standard InChI is InChI=1S/C18H25F2N5O/c1-2-14-17(26-8-6-22-14)25-16-9-11(19)3-4-15(16)23-18(25)24-7-5-12(20)13(21)10-24/h3-4,9,12-14,17,22H,2,5-8,10,21H2,1H3/t12-,13-,14?,17?/m1/s1. The third-order valence-electron chi connectivity index (χ3n) is 5.32. The molecule has 0 amide bonds. The summed E-state index contributed by atoms with van der Waals surface area (Å²) in [6.45, 7) is 4.34. The van der Waals surface area contributed by atoms with Gasteiger partial charge in [-0.15, -0.1) is 0 Å². The second kappa shape index (κ2) is 7.09. The summed E-state index contributed by atoms with van der Waals surface area (Å²) < 4.78 is 35.8. The highest BCUT2D eigenvalue weighted by atomic mass is 19.1. The van der Waals surface area contributed by atoms with Gasteiger partial charge in [-0.2, -0.15) is 0 Å². The number of nitrogens with zero attached hydrogens (tertiary/aromatic N) is 3. The van der Waals surface area contributed by atoms with E-state index in [9.17, 15) is 8.78 Å². The molecule has 2 aliphatic rings. The van der Waals surface area contributed by atoms with Crippen molar-refractivity contribution in [2.24, 2.45) is 5.73 Å². The summed E-state index contributed by atoms with van der Waals surface area (Å²) in [5.41, 5.74) is 7.33. The number of morpholine rings is 1. The van der Waals surface area contributed by atoms with Crippen molar-refractivity contribution in [1.29, 1.82) is 0 Å². The minimum Gasteiger partial charge on any atom is -0.355 e. The number of halogens is 2. The van der Waals surface area contributed by atoms with E-state index in [2.05, 4.69) is 12.2 Å². The molecule has 1 aromatic heterocycles. The fourth-order valence-corrected chi connectivity index (χ4v) is 3.90. The lowest BCUT2D eigenvalue weighted by Gasteiger charge is -2.38. The zero-order chi connectivity index (χ0) is 18.3. The van der Waals surface area contributed by atoms with E-state index in [0.29, 0.717) is 43.1 Å². The number of rotatable bonds is 3. The van der Waals surface area contributed by atoms with Crippen LogP contribution >= 0.6 is 0 Å². The van der Waals surface area contributed by atoms with Crippen molar-refractivity contribution in [2.45, 2.75) is 44.2 Å². The van der Waals surface area contributed by atoms with Crippen LogP contribution in [0.2, 0.25) is 0 Å². The Hall–Kier alpha value is -1.77. The Morgan fingerprint density at radius 2 is 2.27 bits per heavy atom. The Morgan fingerprint density at radius 3 is 3.04 bits per heavy atom. The van der Waals surface area contributed by atoms with Crippen LogP contribution in [0.4, 0.5) is 14.7 Å². The first-order valence-electron chi connectivity index (χ1n) is 9.25. The van der Waals surface area contributed by atoms with E-state index in [0.717, 1.165) is 13.0 Å². The summed E-state index contributed by atoms with van der Waals surface area (Å²) in [7, 11) is 0. The lowest BCUT2D eigenvalue weighted by molar-refractivity contribution is -0.0492. The van der Waals surface area contributed by atoms with Crippen molar-refractivity contribution in [3.63, 3.8) is 0 Å². The van der Waals surface area contributed by atoms with Crippen LogP contribution in [0.15, 0.2) is 18.2 Å². The molecule has 0 bridgehead atoms. The van der Waals surface area contributed by atoms with Crippen LogP contribution in [0.25, 0.3) is 11.0 Å². The second-order valence-electron chi connectivity index (χ2n) is 7.06. The van der Waals surface area contributed by atoms with Crippen molar-refractivity contribution in [2.75, 3.05) is 31.1 Å². The Kier molecular flexibility index (Phi) is 4.81. The number of aromatic nitrogens is 2. The first kappa shape index (κ1) is 17.6. The van der Waals surface area contributed by atoms with Crippen molar-refractivity contribution in [3.05, 3.63) is 24.0 Å². The Bertz CT molecular complexity index is 782. The van der Waals surface area contributed by atoms with Crippen LogP contribution in [0, 0.1) is 5.82 Å². The maximum Gasteiger partial charge on any atom is 0.208 e. The van der Waals surface area contributed by atoms with Crippen LogP contribution < -0.4 is 16.0 Å². The van der Waals surface area contributed by atoms with Crippen LogP contribution in [0.1, 0.15) is 26.0 Å². The molecule has 0 saturated carbocycles. The van der Waals surface area contributed by atoms with Gasteiger partial charge in [0.15, 0.2) is 6.23 Å². The fourth-order valence-electron chi connectivity index (χ4n) is 3.90. The number of ether oxygens (including phenoxy) is 1. The molecule has 4 atom stereocenters. The number of nitrogens with two attached hydrogens (primary N) is 1. The van der Waals surface area contributed by atoms with E-state index < -0.39 is 12.2 Å².